The van der Waals surface area contributed by atoms with E-state index >= 15 is 0 Å². The molecule has 0 radical (unpaired) electrons. The molecule has 36 heavy (non-hydrogen) atoms. The maximum Gasteiger partial charge on any atom is 0.408 e. The molecule has 0 aliphatic carbocycles. The van der Waals surface area contributed by atoms with Gasteiger partial charge in [-0.3, -0.25) is 4.79 Å². The summed E-state index contributed by atoms with van der Waals surface area (Å²) in [7, 11) is -3.32. The molecule has 2 aromatic rings. The summed E-state index contributed by atoms with van der Waals surface area (Å²) in [5, 5.41) is 5.59. The van der Waals surface area contributed by atoms with Gasteiger partial charge in [-0.25, -0.2) is 17.5 Å². The van der Waals surface area contributed by atoms with Crippen LogP contribution >= 0.6 is 0 Å². The zero-order chi connectivity index (χ0) is 26.0. The van der Waals surface area contributed by atoms with Gasteiger partial charge in [-0.15, -0.1) is 0 Å². The van der Waals surface area contributed by atoms with Crippen LogP contribution in [0.2, 0.25) is 0 Å². The molecule has 9 nitrogen and oxygen atoms in total. The molecule has 3 rings (SSSR count). The van der Waals surface area contributed by atoms with Gasteiger partial charge in [0, 0.05) is 25.3 Å². The number of sulfonamides is 1. The molecule has 0 aromatic heterocycles. The van der Waals surface area contributed by atoms with E-state index in [4.69, 9.17) is 10.5 Å². The summed E-state index contributed by atoms with van der Waals surface area (Å²) in [6.45, 7) is 2.99. The predicted molar refractivity (Wildman–Crippen MR) is 140 cm³/mol. The van der Waals surface area contributed by atoms with Crippen molar-refractivity contribution in [1.29, 1.82) is 0 Å². The fourth-order valence-electron chi connectivity index (χ4n) is 4.23. The van der Waals surface area contributed by atoms with E-state index in [0.717, 1.165) is 17.5 Å². The van der Waals surface area contributed by atoms with Crippen LogP contribution in [0.3, 0.4) is 0 Å². The molecular weight excluding hydrogens is 480 g/mol. The monoisotopic (exact) mass is 516 g/mol. The van der Waals surface area contributed by atoms with Gasteiger partial charge < -0.3 is 21.1 Å². The third-order valence-corrected chi connectivity index (χ3v) is 8.27. The van der Waals surface area contributed by atoms with Gasteiger partial charge >= 0.3 is 6.09 Å². The average Bonchev–Trinajstić information content (AvgIpc) is 2.90. The standard InChI is InChI=1S/C26H36N4O5S/c1-2-3-16-36(33,34)30-14-12-22(13-15-30)24(25(31)28-23-11-7-10-21(17-23)18-27)29-26(32)35-19-20-8-5-4-6-9-20/h4-11,17,22,24H,2-3,12-16,18-19,27H2,1H3,(H,28,31)(H,29,32)/t24-/m0/s1. The van der Waals surface area contributed by atoms with Crippen molar-refractivity contribution < 1.29 is 22.7 Å². The second-order valence-corrected chi connectivity index (χ2v) is 11.1. The number of carbonyl (C=O) groups excluding carboxylic acids is 2. The Morgan fingerprint density at radius 1 is 1.08 bits per heavy atom. The molecule has 0 spiro atoms. The molecule has 1 aliphatic rings. The van der Waals surface area contributed by atoms with Crippen LogP contribution in [0, 0.1) is 5.92 Å². The molecule has 1 heterocycles. The topological polar surface area (TPSA) is 131 Å². The normalized spacial score (nSPS) is 15.7. The first-order valence-corrected chi connectivity index (χ1v) is 14.0. The number of amides is 2. The van der Waals surface area contributed by atoms with E-state index in [1.165, 1.54) is 4.31 Å². The van der Waals surface area contributed by atoms with Crippen molar-refractivity contribution in [3.63, 3.8) is 0 Å². The Morgan fingerprint density at radius 3 is 2.44 bits per heavy atom. The number of benzene rings is 2. The van der Waals surface area contributed by atoms with Crippen molar-refractivity contribution in [1.82, 2.24) is 9.62 Å². The Balaban J connectivity index is 1.68. The molecule has 4 N–H and O–H groups in total. The molecule has 0 unspecified atom stereocenters. The molecule has 1 aliphatic heterocycles. The van der Waals surface area contributed by atoms with Gasteiger partial charge in [0.1, 0.15) is 12.6 Å². The predicted octanol–water partition coefficient (Wildman–Crippen LogP) is 3.22. The van der Waals surface area contributed by atoms with Crippen molar-refractivity contribution in [3.8, 4) is 0 Å². The highest BCUT2D eigenvalue weighted by Gasteiger charge is 2.36. The Bertz CT molecular complexity index is 1100. The summed E-state index contributed by atoms with van der Waals surface area (Å²) < 4.78 is 32.0. The van der Waals surface area contributed by atoms with E-state index in [9.17, 15) is 18.0 Å². The molecule has 10 heteroatoms. The molecule has 0 saturated carbocycles. The second kappa shape index (κ2) is 13.4. The van der Waals surface area contributed by atoms with Crippen molar-refractivity contribution in [2.45, 2.75) is 51.8 Å². The highest BCUT2D eigenvalue weighted by molar-refractivity contribution is 7.89. The minimum absolute atomic E-state index is 0.0771. The fourth-order valence-corrected chi connectivity index (χ4v) is 5.91. The van der Waals surface area contributed by atoms with Crippen LogP contribution in [0.1, 0.15) is 43.7 Å². The van der Waals surface area contributed by atoms with E-state index in [1.54, 1.807) is 18.2 Å². The number of alkyl carbamates (subject to hydrolysis) is 1. The first-order chi connectivity index (χ1) is 17.3. The molecule has 0 bridgehead atoms. The van der Waals surface area contributed by atoms with E-state index < -0.39 is 22.2 Å². The lowest BCUT2D eigenvalue weighted by Gasteiger charge is -2.35. The smallest absolute Gasteiger partial charge is 0.408 e. The van der Waals surface area contributed by atoms with Gasteiger partial charge in [0.15, 0.2) is 0 Å². The maximum absolute atomic E-state index is 13.3. The summed E-state index contributed by atoms with van der Waals surface area (Å²) in [6, 6.07) is 15.6. The van der Waals surface area contributed by atoms with Crippen LogP contribution < -0.4 is 16.4 Å². The number of ether oxygens (including phenoxy) is 1. The van der Waals surface area contributed by atoms with E-state index in [0.29, 0.717) is 44.6 Å². The number of hydrogen-bond donors (Lipinski definition) is 3. The number of nitrogens with two attached hydrogens (primary N) is 1. The van der Waals surface area contributed by atoms with Crippen LogP contribution in [0.5, 0.6) is 0 Å². The Kier molecular flexibility index (Phi) is 10.3. The largest absolute Gasteiger partial charge is 0.445 e. The summed E-state index contributed by atoms with van der Waals surface area (Å²) in [6.07, 6.45) is 1.62. The molecular formula is C26H36N4O5S. The summed E-state index contributed by atoms with van der Waals surface area (Å²) in [5.41, 5.74) is 7.99. The number of unbranched alkanes of at least 4 members (excludes halogenated alkanes) is 1. The van der Waals surface area contributed by atoms with Crippen LogP contribution in [0.15, 0.2) is 54.6 Å². The van der Waals surface area contributed by atoms with Crippen LogP contribution in [0.4, 0.5) is 10.5 Å². The van der Waals surface area contributed by atoms with Crippen LogP contribution in [-0.2, 0) is 32.7 Å². The van der Waals surface area contributed by atoms with E-state index in [1.807, 2.05) is 43.3 Å². The Morgan fingerprint density at radius 2 is 1.78 bits per heavy atom. The number of nitrogens with zero attached hydrogens (tertiary/aromatic N) is 1. The SMILES string of the molecule is CCCCS(=O)(=O)N1CCC([C@H](NC(=O)OCc2ccccc2)C(=O)Nc2cccc(CN)c2)CC1. The molecule has 1 atom stereocenters. The Hall–Kier alpha value is -2.95. The molecule has 196 valence electrons. The van der Waals surface area contributed by atoms with E-state index in [-0.39, 0.29) is 24.2 Å². The first kappa shape index (κ1) is 27.6. The van der Waals surface area contributed by atoms with Gasteiger partial charge in [-0.1, -0.05) is 55.8 Å². The number of carbonyl (C=O) groups is 2. The average molecular weight is 517 g/mol. The molecule has 1 saturated heterocycles. The van der Waals surface area contributed by atoms with Crippen molar-refractivity contribution in [3.05, 3.63) is 65.7 Å². The lowest BCUT2D eigenvalue weighted by molar-refractivity contribution is -0.119. The number of rotatable bonds is 11. The van der Waals surface area contributed by atoms with Crippen LogP contribution in [0.25, 0.3) is 0 Å². The van der Waals surface area contributed by atoms with Gasteiger partial charge in [-0.05, 0) is 48.4 Å². The van der Waals surface area contributed by atoms with Gasteiger partial charge in [-0.2, -0.15) is 0 Å². The number of piperidine rings is 1. The number of hydrogen-bond acceptors (Lipinski definition) is 6. The third-order valence-electron chi connectivity index (χ3n) is 6.32. The number of anilines is 1. The zero-order valence-corrected chi connectivity index (χ0v) is 21.5. The van der Waals surface area contributed by atoms with Crippen LogP contribution in [-0.4, -0.2) is 49.6 Å². The third kappa shape index (κ3) is 8.04. The molecule has 1 fully saturated rings. The summed E-state index contributed by atoms with van der Waals surface area (Å²) in [5.74, 6) is -0.502. The lowest BCUT2D eigenvalue weighted by atomic mass is 9.89. The molecule has 2 amide bonds. The van der Waals surface area contributed by atoms with Gasteiger partial charge in [0.25, 0.3) is 0 Å². The minimum Gasteiger partial charge on any atom is -0.445 e. The highest BCUT2D eigenvalue weighted by Crippen LogP contribution is 2.25. The first-order valence-electron chi connectivity index (χ1n) is 12.4. The van der Waals surface area contributed by atoms with Crippen molar-refractivity contribution >= 4 is 27.7 Å². The quantitative estimate of drug-likeness (QED) is 0.420. The molecule has 2 aromatic carbocycles. The second-order valence-electron chi connectivity index (χ2n) is 8.98. The minimum atomic E-state index is -3.32. The van der Waals surface area contributed by atoms with Gasteiger partial charge in [0.2, 0.25) is 15.9 Å². The Labute approximate surface area is 213 Å². The zero-order valence-electron chi connectivity index (χ0n) is 20.7. The maximum atomic E-state index is 13.3. The summed E-state index contributed by atoms with van der Waals surface area (Å²) >= 11 is 0. The fraction of sp³-hybridized carbons (Fsp3) is 0.462. The van der Waals surface area contributed by atoms with Crippen molar-refractivity contribution in [2.24, 2.45) is 11.7 Å². The summed E-state index contributed by atoms with van der Waals surface area (Å²) in [4.78, 5) is 25.9. The van der Waals surface area contributed by atoms with Gasteiger partial charge in [0.05, 0.1) is 5.75 Å². The van der Waals surface area contributed by atoms with E-state index in [2.05, 4.69) is 10.6 Å². The highest BCUT2D eigenvalue weighted by atomic mass is 32.2. The van der Waals surface area contributed by atoms with Crippen molar-refractivity contribution in [2.75, 3.05) is 24.2 Å². The lowest BCUT2D eigenvalue weighted by Crippen LogP contribution is -2.52. The number of nitrogens with one attached hydrogen (secondary N) is 2.